The number of nitro benzene ring substituents is 1. The van der Waals surface area contributed by atoms with Crippen molar-refractivity contribution in [1.29, 1.82) is 0 Å². The Morgan fingerprint density at radius 3 is 2.82 bits per heavy atom. The second-order valence-corrected chi connectivity index (χ2v) is 3.61. The van der Waals surface area contributed by atoms with E-state index in [2.05, 4.69) is 5.10 Å². The van der Waals surface area contributed by atoms with Crippen LogP contribution in [-0.2, 0) is 6.61 Å². The lowest BCUT2D eigenvalue weighted by Crippen LogP contribution is -2.03. The Morgan fingerprint density at radius 2 is 2.24 bits per heavy atom. The van der Waals surface area contributed by atoms with Gasteiger partial charge < -0.3 is 5.11 Å². The Labute approximate surface area is 97.3 Å². The molecule has 0 saturated heterocycles. The van der Waals surface area contributed by atoms with Gasteiger partial charge in [-0.05, 0) is 18.6 Å². The highest BCUT2D eigenvalue weighted by Gasteiger charge is 2.17. The van der Waals surface area contributed by atoms with Gasteiger partial charge in [0.05, 0.1) is 17.2 Å². The zero-order valence-corrected chi connectivity index (χ0v) is 9.20. The fourth-order valence-corrected chi connectivity index (χ4v) is 1.66. The van der Waals surface area contributed by atoms with Crippen LogP contribution in [0.2, 0.25) is 0 Å². The van der Waals surface area contributed by atoms with Gasteiger partial charge in [0.15, 0.2) is 0 Å². The standard InChI is InChI=1S/C11H11N3O3/c1-8-3-2-4-10(14(16)17)11(8)13-6-5-9(7-15)12-13/h2-6,15H,7H2,1H3. The quantitative estimate of drug-likeness (QED) is 0.644. The van der Waals surface area contributed by atoms with E-state index in [-0.39, 0.29) is 12.3 Å². The second-order valence-electron chi connectivity index (χ2n) is 3.61. The molecule has 2 rings (SSSR count). The van der Waals surface area contributed by atoms with Crippen LogP contribution in [0.5, 0.6) is 0 Å². The first-order chi connectivity index (χ1) is 8.13. The number of aromatic nitrogens is 2. The first-order valence-corrected chi connectivity index (χ1v) is 5.03. The average Bonchev–Trinajstić information content (AvgIpc) is 2.76. The Hall–Kier alpha value is -2.21. The van der Waals surface area contributed by atoms with E-state index in [1.54, 1.807) is 31.3 Å². The van der Waals surface area contributed by atoms with Gasteiger partial charge >= 0.3 is 0 Å². The highest BCUT2D eigenvalue weighted by Crippen LogP contribution is 2.25. The molecule has 17 heavy (non-hydrogen) atoms. The molecule has 1 aromatic carbocycles. The summed E-state index contributed by atoms with van der Waals surface area (Å²) in [4.78, 5) is 10.5. The molecule has 0 aliphatic rings. The molecule has 0 spiro atoms. The lowest BCUT2D eigenvalue weighted by Gasteiger charge is -2.06. The van der Waals surface area contributed by atoms with Crippen molar-refractivity contribution >= 4 is 5.69 Å². The summed E-state index contributed by atoms with van der Waals surface area (Å²) in [5.74, 6) is 0. The molecule has 0 aliphatic heterocycles. The van der Waals surface area contributed by atoms with Crippen molar-refractivity contribution in [3.05, 3.63) is 51.8 Å². The number of hydrogen-bond donors (Lipinski definition) is 1. The van der Waals surface area contributed by atoms with Gasteiger partial charge in [0.25, 0.3) is 5.69 Å². The van der Waals surface area contributed by atoms with Crippen LogP contribution in [0, 0.1) is 17.0 Å². The third-order valence-electron chi connectivity index (χ3n) is 2.45. The van der Waals surface area contributed by atoms with Gasteiger partial charge in [-0.2, -0.15) is 5.10 Å². The number of para-hydroxylation sites is 1. The minimum atomic E-state index is -0.442. The monoisotopic (exact) mass is 233 g/mol. The maximum absolute atomic E-state index is 10.9. The van der Waals surface area contributed by atoms with Crippen molar-refractivity contribution in [2.75, 3.05) is 0 Å². The highest BCUT2D eigenvalue weighted by atomic mass is 16.6. The first-order valence-electron chi connectivity index (χ1n) is 5.03. The average molecular weight is 233 g/mol. The van der Waals surface area contributed by atoms with Crippen molar-refractivity contribution in [3.8, 4) is 5.69 Å². The Morgan fingerprint density at radius 1 is 1.47 bits per heavy atom. The minimum absolute atomic E-state index is 0.00223. The molecule has 1 aromatic heterocycles. The Bertz CT molecular complexity index is 563. The summed E-state index contributed by atoms with van der Waals surface area (Å²) in [6.07, 6.45) is 1.60. The molecule has 0 fully saturated rings. The summed E-state index contributed by atoms with van der Waals surface area (Å²) in [5, 5.41) is 23.9. The van der Waals surface area contributed by atoms with E-state index in [9.17, 15) is 10.1 Å². The predicted molar refractivity (Wildman–Crippen MR) is 60.9 cm³/mol. The van der Waals surface area contributed by atoms with Crippen LogP contribution in [-0.4, -0.2) is 19.8 Å². The molecule has 6 heteroatoms. The third-order valence-corrected chi connectivity index (χ3v) is 2.45. The summed E-state index contributed by atoms with van der Waals surface area (Å²) >= 11 is 0. The van der Waals surface area contributed by atoms with Gasteiger partial charge in [0, 0.05) is 12.3 Å². The molecule has 0 bridgehead atoms. The minimum Gasteiger partial charge on any atom is -0.390 e. The molecule has 1 N–H and O–H groups in total. The van der Waals surface area contributed by atoms with Crippen molar-refractivity contribution < 1.29 is 10.0 Å². The van der Waals surface area contributed by atoms with Crippen LogP contribution in [0.1, 0.15) is 11.3 Å². The molecule has 0 unspecified atom stereocenters. The number of rotatable bonds is 3. The molecule has 0 amide bonds. The normalized spacial score (nSPS) is 10.5. The number of aliphatic hydroxyl groups is 1. The van der Waals surface area contributed by atoms with Crippen molar-refractivity contribution in [1.82, 2.24) is 9.78 Å². The van der Waals surface area contributed by atoms with Crippen LogP contribution in [0.25, 0.3) is 5.69 Å². The first kappa shape index (κ1) is 11.3. The van der Waals surface area contributed by atoms with E-state index < -0.39 is 4.92 Å². The topological polar surface area (TPSA) is 81.2 Å². The van der Waals surface area contributed by atoms with Crippen molar-refractivity contribution in [3.63, 3.8) is 0 Å². The van der Waals surface area contributed by atoms with Crippen LogP contribution >= 0.6 is 0 Å². The highest BCUT2D eigenvalue weighted by molar-refractivity contribution is 5.56. The lowest BCUT2D eigenvalue weighted by atomic mass is 10.2. The molecule has 2 aromatic rings. The summed E-state index contributed by atoms with van der Waals surface area (Å²) in [5.41, 5.74) is 1.66. The number of aryl methyl sites for hydroxylation is 1. The summed E-state index contributed by atoms with van der Waals surface area (Å²) < 4.78 is 1.42. The van der Waals surface area contributed by atoms with Gasteiger partial charge in [-0.1, -0.05) is 12.1 Å². The van der Waals surface area contributed by atoms with Gasteiger partial charge in [-0.25, -0.2) is 4.68 Å². The van der Waals surface area contributed by atoms with Crippen molar-refractivity contribution in [2.24, 2.45) is 0 Å². The molecule has 0 aliphatic carbocycles. The molecular weight excluding hydrogens is 222 g/mol. The Balaban J connectivity index is 2.61. The van der Waals surface area contributed by atoms with E-state index in [0.717, 1.165) is 5.56 Å². The third kappa shape index (κ3) is 2.02. The number of benzene rings is 1. The summed E-state index contributed by atoms with van der Waals surface area (Å²) in [6, 6.07) is 6.47. The van der Waals surface area contributed by atoms with E-state index in [0.29, 0.717) is 11.4 Å². The number of aliphatic hydroxyl groups excluding tert-OH is 1. The maximum Gasteiger partial charge on any atom is 0.295 e. The molecule has 6 nitrogen and oxygen atoms in total. The van der Waals surface area contributed by atoms with Gasteiger partial charge in [0.1, 0.15) is 5.69 Å². The molecule has 0 saturated carbocycles. The lowest BCUT2D eigenvalue weighted by molar-refractivity contribution is -0.384. The fraction of sp³-hybridized carbons (Fsp3) is 0.182. The second kappa shape index (κ2) is 4.34. The van der Waals surface area contributed by atoms with Gasteiger partial charge in [0.2, 0.25) is 0 Å². The largest absolute Gasteiger partial charge is 0.390 e. The molecular formula is C11H11N3O3. The van der Waals surface area contributed by atoms with Crippen LogP contribution in [0.4, 0.5) is 5.69 Å². The number of nitrogens with zero attached hydrogens (tertiary/aromatic N) is 3. The maximum atomic E-state index is 10.9. The summed E-state index contributed by atoms with van der Waals surface area (Å²) in [7, 11) is 0. The van der Waals surface area contributed by atoms with Crippen LogP contribution in [0.15, 0.2) is 30.5 Å². The van der Waals surface area contributed by atoms with E-state index >= 15 is 0 Å². The molecule has 0 atom stereocenters. The molecule has 0 radical (unpaired) electrons. The number of hydrogen-bond acceptors (Lipinski definition) is 4. The van der Waals surface area contributed by atoms with E-state index in [1.165, 1.54) is 10.7 Å². The fourth-order valence-electron chi connectivity index (χ4n) is 1.66. The zero-order valence-electron chi connectivity index (χ0n) is 9.20. The van der Waals surface area contributed by atoms with Crippen LogP contribution in [0.3, 0.4) is 0 Å². The van der Waals surface area contributed by atoms with Gasteiger partial charge in [-0.3, -0.25) is 10.1 Å². The number of nitro groups is 1. The van der Waals surface area contributed by atoms with Crippen molar-refractivity contribution in [2.45, 2.75) is 13.5 Å². The smallest absolute Gasteiger partial charge is 0.295 e. The zero-order chi connectivity index (χ0) is 12.4. The SMILES string of the molecule is Cc1cccc([N+](=O)[O-])c1-n1ccc(CO)n1. The van der Waals surface area contributed by atoms with Crippen LogP contribution < -0.4 is 0 Å². The summed E-state index contributed by atoms with van der Waals surface area (Å²) in [6.45, 7) is 1.59. The van der Waals surface area contributed by atoms with E-state index in [4.69, 9.17) is 5.11 Å². The van der Waals surface area contributed by atoms with E-state index in [1.807, 2.05) is 0 Å². The molecule has 1 heterocycles. The predicted octanol–water partition coefficient (Wildman–Crippen LogP) is 1.58. The molecule has 88 valence electrons. The Kier molecular flexibility index (Phi) is 2.88. The van der Waals surface area contributed by atoms with Gasteiger partial charge in [-0.15, -0.1) is 0 Å².